The van der Waals surface area contributed by atoms with E-state index in [0.717, 1.165) is 6.07 Å². The zero-order valence-corrected chi connectivity index (χ0v) is 8.08. The van der Waals surface area contributed by atoms with Crippen LogP contribution in [-0.2, 0) is 4.79 Å². The molecule has 0 aliphatic heterocycles. The Kier molecular flexibility index (Phi) is 3.28. The molecule has 1 atom stereocenters. The molecule has 1 aromatic rings. The number of benzene rings is 1. The van der Waals surface area contributed by atoms with E-state index in [-0.39, 0.29) is 11.5 Å². The Labute approximate surface area is 86.3 Å². The van der Waals surface area contributed by atoms with Crippen molar-refractivity contribution in [2.75, 3.05) is 0 Å². The summed E-state index contributed by atoms with van der Waals surface area (Å²) >= 11 is 0. The van der Waals surface area contributed by atoms with Crippen LogP contribution in [0.2, 0.25) is 0 Å². The summed E-state index contributed by atoms with van der Waals surface area (Å²) in [6.07, 6.45) is 1.26. The van der Waals surface area contributed by atoms with Crippen LogP contribution < -0.4 is 0 Å². The SMILES string of the molecule is C[C@H](N=Cc1ccc(O)cc1O)C(=O)O. The second kappa shape index (κ2) is 4.45. The number of carboxylic acid groups (broad SMARTS) is 1. The number of carbonyl (C=O) groups is 1. The number of nitrogens with zero attached hydrogens (tertiary/aromatic N) is 1. The van der Waals surface area contributed by atoms with Gasteiger partial charge in [0.2, 0.25) is 0 Å². The molecule has 0 aliphatic carbocycles. The average Bonchev–Trinajstić information content (AvgIpc) is 2.15. The maximum atomic E-state index is 10.4. The van der Waals surface area contributed by atoms with Crippen molar-refractivity contribution < 1.29 is 20.1 Å². The number of aliphatic carboxylic acids is 1. The van der Waals surface area contributed by atoms with E-state index in [1.807, 2.05) is 0 Å². The Morgan fingerprint density at radius 3 is 2.67 bits per heavy atom. The van der Waals surface area contributed by atoms with Crippen LogP contribution in [0.5, 0.6) is 11.5 Å². The minimum Gasteiger partial charge on any atom is -0.508 e. The molecule has 3 N–H and O–H groups in total. The van der Waals surface area contributed by atoms with Crippen LogP contribution in [0.25, 0.3) is 0 Å². The van der Waals surface area contributed by atoms with Crippen molar-refractivity contribution in [1.82, 2.24) is 0 Å². The van der Waals surface area contributed by atoms with Gasteiger partial charge in [-0.3, -0.25) is 4.99 Å². The number of hydrogen-bond acceptors (Lipinski definition) is 4. The van der Waals surface area contributed by atoms with Crippen LogP contribution in [0.3, 0.4) is 0 Å². The summed E-state index contributed by atoms with van der Waals surface area (Å²) in [4.78, 5) is 14.2. The second-order valence-corrected chi connectivity index (χ2v) is 3.04. The van der Waals surface area contributed by atoms with Crippen molar-refractivity contribution >= 4 is 12.2 Å². The summed E-state index contributed by atoms with van der Waals surface area (Å²) in [5.74, 6) is -1.24. The lowest BCUT2D eigenvalue weighted by molar-refractivity contribution is -0.137. The van der Waals surface area contributed by atoms with Gasteiger partial charge < -0.3 is 15.3 Å². The molecule has 0 fully saturated rings. The third-order valence-corrected chi connectivity index (χ3v) is 1.81. The molecule has 5 heteroatoms. The summed E-state index contributed by atoms with van der Waals surface area (Å²) in [5.41, 5.74) is 0.362. The van der Waals surface area contributed by atoms with Gasteiger partial charge in [0.15, 0.2) is 0 Å². The summed E-state index contributed by atoms with van der Waals surface area (Å²) in [6.45, 7) is 1.43. The zero-order chi connectivity index (χ0) is 11.4. The third kappa shape index (κ3) is 2.98. The molecule has 0 spiro atoms. The van der Waals surface area contributed by atoms with Crippen molar-refractivity contribution in [3.05, 3.63) is 23.8 Å². The van der Waals surface area contributed by atoms with Gasteiger partial charge in [0.25, 0.3) is 0 Å². The van der Waals surface area contributed by atoms with Gasteiger partial charge >= 0.3 is 5.97 Å². The summed E-state index contributed by atoms with van der Waals surface area (Å²) in [6, 6.07) is 3.13. The van der Waals surface area contributed by atoms with Crippen LogP contribution in [0.4, 0.5) is 0 Å². The number of aromatic hydroxyl groups is 2. The van der Waals surface area contributed by atoms with Gasteiger partial charge in [-0.15, -0.1) is 0 Å². The quantitative estimate of drug-likeness (QED) is 0.647. The molecular formula is C10H11NO4. The first kappa shape index (κ1) is 11.0. The topological polar surface area (TPSA) is 90.1 Å². The molecule has 0 aliphatic rings. The van der Waals surface area contributed by atoms with E-state index in [4.69, 9.17) is 10.2 Å². The van der Waals surface area contributed by atoms with Crippen molar-refractivity contribution in [2.45, 2.75) is 13.0 Å². The minimum absolute atomic E-state index is 0.0593. The Hall–Kier alpha value is -2.04. The number of aliphatic imine (C=N–C) groups is 1. The van der Waals surface area contributed by atoms with Crippen molar-refractivity contribution in [1.29, 1.82) is 0 Å². The van der Waals surface area contributed by atoms with Crippen LogP contribution in [0, 0.1) is 0 Å². The second-order valence-electron chi connectivity index (χ2n) is 3.04. The van der Waals surface area contributed by atoms with Gasteiger partial charge in [0.05, 0.1) is 0 Å². The number of carboxylic acids is 1. The van der Waals surface area contributed by atoms with E-state index in [1.54, 1.807) is 0 Å². The van der Waals surface area contributed by atoms with Crippen LogP contribution in [-0.4, -0.2) is 33.5 Å². The number of hydrogen-bond donors (Lipinski definition) is 3. The Morgan fingerprint density at radius 2 is 2.13 bits per heavy atom. The molecule has 0 amide bonds. The van der Waals surface area contributed by atoms with E-state index in [1.165, 1.54) is 25.3 Å². The zero-order valence-electron chi connectivity index (χ0n) is 8.08. The van der Waals surface area contributed by atoms with Gasteiger partial charge in [-0.25, -0.2) is 4.79 Å². The Morgan fingerprint density at radius 1 is 1.47 bits per heavy atom. The van der Waals surface area contributed by atoms with E-state index in [2.05, 4.69) is 4.99 Å². The standard InChI is InChI=1S/C10H11NO4/c1-6(10(14)15)11-5-7-2-3-8(12)4-9(7)13/h2-6,12-13H,1H3,(H,14,15)/t6-/m0/s1. The maximum Gasteiger partial charge on any atom is 0.328 e. The van der Waals surface area contributed by atoms with Crippen LogP contribution in [0.15, 0.2) is 23.2 Å². The fourth-order valence-electron chi connectivity index (χ4n) is 0.897. The molecule has 1 aromatic carbocycles. The number of phenols is 2. The first-order valence-corrected chi connectivity index (χ1v) is 4.28. The third-order valence-electron chi connectivity index (χ3n) is 1.81. The molecule has 15 heavy (non-hydrogen) atoms. The Balaban J connectivity index is 2.85. The molecule has 0 aromatic heterocycles. The monoisotopic (exact) mass is 209 g/mol. The first-order chi connectivity index (χ1) is 7.00. The normalized spacial score (nSPS) is 12.9. The lowest BCUT2D eigenvalue weighted by Gasteiger charge is -2.01. The molecule has 1 rings (SSSR count). The molecule has 0 unspecified atom stereocenters. The molecule has 0 heterocycles. The number of rotatable bonds is 3. The minimum atomic E-state index is -1.04. The largest absolute Gasteiger partial charge is 0.508 e. The highest BCUT2D eigenvalue weighted by atomic mass is 16.4. The van der Waals surface area contributed by atoms with E-state index in [9.17, 15) is 9.90 Å². The fourth-order valence-corrected chi connectivity index (χ4v) is 0.897. The van der Waals surface area contributed by atoms with Crippen LogP contribution >= 0.6 is 0 Å². The summed E-state index contributed by atoms with van der Waals surface area (Å²) < 4.78 is 0. The average molecular weight is 209 g/mol. The smallest absolute Gasteiger partial charge is 0.328 e. The molecule has 0 radical (unpaired) electrons. The van der Waals surface area contributed by atoms with Crippen molar-refractivity contribution in [3.8, 4) is 11.5 Å². The van der Waals surface area contributed by atoms with Gasteiger partial charge in [-0.05, 0) is 19.1 Å². The fraction of sp³-hybridized carbons (Fsp3) is 0.200. The predicted molar refractivity (Wildman–Crippen MR) is 54.5 cm³/mol. The lowest BCUT2D eigenvalue weighted by Crippen LogP contribution is -2.13. The number of phenolic OH excluding ortho intramolecular Hbond substituents is 2. The Bertz CT molecular complexity index is 400. The van der Waals surface area contributed by atoms with Crippen LogP contribution in [0.1, 0.15) is 12.5 Å². The van der Waals surface area contributed by atoms with Gasteiger partial charge in [0.1, 0.15) is 17.5 Å². The molecule has 0 bridgehead atoms. The van der Waals surface area contributed by atoms with E-state index >= 15 is 0 Å². The molecule has 0 saturated carbocycles. The molecule has 5 nitrogen and oxygen atoms in total. The van der Waals surface area contributed by atoms with E-state index in [0.29, 0.717) is 5.56 Å². The molecule has 80 valence electrons. The molecular weight excluding hydrogens is 198 g/mol. The van der Waals surface area contributed by atoms with E-state index < -0.39 is 12.0 Å². The maximum absolute atomic E-state index is 10.4. The van der Waals surface area contributed by atoms with Gasteiger partial charge in [0, 0.05) is 17.8 Å². The van der Waals surface area contributed by atoms with Gasteiger partial charge in [-0.1, -0.05) is 0 Å². The molecule has 0 saturated heterocycles. The highest BCUT2D eigenvalue weighted by molar-refractivity contribution is 5.86. The van der Waals surface area contributed by atoms with Crippen molar-refractivity contribution in [2.24, 2.45) is 4.99 Å². The lowest BCUT2D eigenvalue weighted by atomic mass is 10.2. The first-order valence-electron chi connectivity index (χ1n) is 4.28. The van der Waals surface area contributed by atoms with Crippen molar-refractivity contribution in [3.63, 3.8) is 0 Å². The summed E-state index contributed by atoms with van der Waals surface area (Å²) in [7, 11) is 0. The predicted octanol–water partition coefficient (Wildman–Crippen LogP) is 0.990. The van der Waals surface area contributed by atoms with Gasteiger partial charge in [-0.2, -0.15) is 0 Å². The summed E-state index contributed by atoms with van der Waals surface area (Å²) in [5, 5.41) is 26.9. The highest BCUT2D eigenvalue weighted by Crippen LogP contribution is 2.20. The highest BCUT2D eigenvalue weighted by Gasteiger charge is 2.07.